The number of hydrogen-bond acceptors (Lipinski definition) is 5. The van der Waals surface area contributed by atoms with Crippen molar-refractivity contribution >= 4 is 34.2 Å². The van der Waals surface area contributed by atoms with Gasteiger partial charge in [-0.15, -0.1) is 0 Å². The van der Waals surface area contributed by atoms with Crippen LogP contribution in [-0.4, -0.2) is 20.6 Å². The summed E-state index contributed by atoms with van der Waals surface area (Å²) in [7, 11) is -4.59. The van der Waals surface area contributed by atoms with E-state index in [2.05, 4.69) is 4.72 Å². The van der Waals surface area contributed by atoms with Crippen LogP contribution >= 0.6 is 11.6 Å². The van der Waals surface area contributed by atoms with Gasteiger partial charge in [-0.25, -0.2) is 13.1 Å². The van der Waals surface area contributed by atoms with Crippen molar-refractivity contribution in [3.63, 3.8) is 0 Å². The van der Waals surface area contributed by atoms with Crippen molar-refractivity contribution in [2.45, 2.75) is 18.0 Å². The Balaban J connectivity index is 1.40. The van der Waals surface area contributed by atoms with Crippen LogP contribution in [-0.2, 0) is 27.8 Å². The Morgan fingerprint density at radius 3 is 2.55 bits per heavy atom. The minimum Gasteiger partial charge on any atom is -0.457 e. The molecule has 148 valence electrons. The SMILES string of the molecule is O=S(=O)(NCc1ccc(Oc2ccc3c(c2)COB3O)cc1)c1ccccc1Cl. The highest BCUT2D eigenvalue weighted by molar-refractivity contribution is 7.89. The molecule has 0 atom stereocenters. The van der Waals surface area contributed by atoms with Crippen LogP contribution in [0.4, 0.5) is 0 Å². The zero-order valence-electron chi connectivity index (χ0n) is 15.2. The predicted molar refractivity (Wildman–Crippen MR) is 111 cm³/mol. The van der Waals surface area contributed by atoms with Crippen molar-refractivity contribution in [1.82, 2.24) is 4.72 Å². The Morgan fingerprint density at radius 1 is 1.07 bits per heavy atom. The fourth-order valence-electron chi connectivity index (χ4n) is 3.00. The highest BCUT2D eigenvalue weighted by atomic mass is 35.5. The number of fused-ring (bicyclic) bond motifs is 1. The number of benzene rings is 3. The maximum atomic E-state index is 12.4. The van der Waals surface area contributed by atoms with E-state index in [9.17, 15) is 13.4 Å². The Hall–Kier alpha value is -2.36. The zero-order chi connectivity index (χ0) is 20.4. The smallest absolute Gasteiger partial charge is 0.457 e. The number of nitrogens with one attached hydrogen (secondary N) is 1. The van der Waals surface area contributed by atoms with Gasteiger partial charge in [0.1, 0.15) is 16.4 Å². The van der Waals surface area contributed by atoms with Crippen LogP contribution in [0.1, 0.15) is 11.1 Å². The lowest BCUT2D eigenvalue weighted by Crippen LogP contribution is -2.27. The van der Waals surface area contributed by atoms with Crippen LogP contribution in [0.3, 0.4) is 0 Å². The van der Waals surface area contributed by atoms with Gasteiger partial charge < -0.3 is 14.4 Å². The monoisotopic (exact) mass is 429 g/mol. The predicted octanol–water partition coefficient (Wildman–Crippen LogP) is 2.83. The largest absolute Gasteiger partial charge is 0.491 e. The summed E-state index contributed by atoms with van der Waals surface area (Å²) < 4.78 is 38.4. The molecule has 0 saturated carbocycles. The highest BCUT2D eigenvalue weighted by Gasteiger charge is 2.27. The molecule has 1 heterocycles. The Bertz CT molecular complexity index is 1140. The molecule has 1 aliphatic heterocycles. The van der Waals surface area contributed by atoms with E-state index in [1.165, 1.54) is 12.1 Å². The third-order valence-electron chi connectivity index (χ3n) is 4.53. The average Bonchev–Trinajstić information content (AvgIpc) is 3.08. The summed E-state index contributed by atoms with van der Waals surface area (Å²) in [5, 5.41) is 9.85. The van der Waals surface area contributed by atoms with E-state index >= 15 is 0 Å². The molecule has 0 aliphatic carbocycles. The summed E-state index contributed by atoms with van der Waals surface area (Å²) >= 11 is 5.97. The Kier molecular flexibility index (Phi) is 5.62. The number of hydrogen-bond donors (Lipinski definition) is 2. The third kappa shape index (κ3) is 4.47. The van der Waals surface area contributed by atoms with Gasteiger partial charge in [0, 0.05) is 6.54 Å². The molecule has 9 heteroatoms. The van der Waals surface area contributed by atoms with Crippen molar-refractivity contribution in [1.29, 1.82) is 0 Å². The van der Waals surface area contributed by atoms with Crippen molar-refractivity contribution in [2.75, 3.05) is 0 Å². The molecule has 0 radical (unpaired) electrons. The average molecular weight is 430 g/mol. The summed E-state index contributed by atoms with van der Waals surface area (Å²) in [6.07, 6.45) is 0. The molecule has 0 amide bonds. The Morgan fingerprint density at radius 2 is 1.79 bits per heavy atom. The molecule has 6 nitrogen and oxygen atoms in total. The standard InChI is InChI=1S/C20H17BClNO5S/c22-19-3-1-2-4-20(19)29(25,26)23-12-14-5-7-16(8-6-14)28-17-9-10-18-15(11-17)13-27-21(18)24/h1-11,23-24H,12-13H2. The summed E-state index contributed by atoms with van der Waals surface area (Å²) in [4.78, 5) is 0.0485. The molecule has 0 unspecified atom stereocenters. The lowest BCUT2D eigenvalue weighted by atomic mass is 9.80. The molecular weight excluding hydrogens is 413 g/mol. The molecule has 3 aromatic carbocycles. The van der Waals surface area contributed by atoms with E-state index in [4.69, 9.17) is 21.0 Å². The van der Waals surface area contributed by atoms with E-state index < -0.39 is 17.1 Å². The quantitative estimate of drug-likeness (QED) is 0.589. The summed E-state index contributed by atoms with van der Waals surface area (Å²) in [5.74, 6) is 1.25. The molecule has 3 aromatic rings. The fourth-order valence-corrected chi connectivity index (χ4v) is 4.54. The van der Waals surface area contributed by atoms with Gasteiger partial charge in [-0.2, -0.15) is 0 Å². The third-order valence-corrected chi connectivity index (χ3v) is 6.43. The molecule has 29 heavy (non-hydrogen) atoms. The molecule has 0 fully saturated rings. The van der Waals surface area contributed by atoms with Crippen molar-refractivity contribution in [3.05, 3.63) is 82.9 Å². The van der Waals surface area contributed by atoms with Gasteiger partial charge >= 0.3 is 7.12 Å². The number of rotatable bonds is 6. The van der Waals surface area contributed by atoms with Gasteiger partial charge in [-0.3, -0.25) is 0 Å². The second-order valence-electron chi connectivity index (χ2n) is 6.52. The first-order valence-electron chi connectivity index (χ1n) is 8.86. The normalized spacial score (nSPS) is 13.4. The molecular formula is C20H17BClNO5S. The first-order chi connectivity index (χ1) is 13.9. The molecule has 0 bridgehead atoms. The fraction of sp³-hybridized carbons (Fsp3) is 0.100. The van der Waals surface area contributed by atoms with E-state index in [0.29, 0.717) is 18.1 Å². The van der Waals surface area contributed by atoms with E-state index in [1.807, 2.05) is 6.07 Å². The van der Waals surface area contributed by atoms with Gasteiger partial charge in [-0.05, 0) is 53.0 Å². The summed E-state index contributed by atoms with van der Waals surface area (Å²) in [6, 6.07) is 18.8. The molecule has 0 spiro atoms. The van der Waals surface area contributed by atoms with Gasteiger partial charge in [0.05, 0.1) is 11.6 Å². The van der Waals surface area contributed by atoms with Gasteiger partial charge in [-0.1, -0.05) is 41.9 Å². The van der Waals surface area contributed by atoms with E-state index in [-0.39, 0.29) is 16.5 Å². The minimum atomic E-state index is -3.70. The van der Waals surface area contributed by atoms with Crippen LogP contribution in [0.25, 0.3) is 0 Å². The molecule has 2 N–H and O–H groups in total. The highest BCUT2D eigenvalue weighted by Crippen LogP contribution is 2.24. The number of sulfonamides is 1. The van der Waals surface area contributed by atoms with Crippen molar-refractivity contribution in [3.8, 4) is 11.5 Å². The molecule has 0 aromatic heterocycles. The number of halogens is 1. The van der Waals surface area contributed by atoms with Crippen LogP contribution < -0.4 is 14.9 Å². The second-order valence-corrected chi connectivity index (χ2v) is 8.67. The van der Waals surface area contributed by atoms with Crippen LogP contribution in [0.2, 0.25) is 5.02 Å². The Labute approximate surface area is 174 Å². The zero-order valence-corrected chi connectivity index (χ0v) is 16.8. The maximum absolute atomic E-state index is 12.4. The minimum absolute atomic E-state index is 0.0485. The van der Waals surface area contributed by atoms with Crippen molar-refractivity contribution in [2.24, 2.45) is 0 Å². The van der Waals surface area contributed by atoms with E-state index in [1.54, 1.807) is 48.5 Å². The summed E-state index contributed by atoms with van der Waals surface area (Å²) in [5.41, 5.74) is 2.41. The molecule has 4 rings (SSSR count). The first kappa shape index (κ1) is 19.9. The molecule has 0 saturated heterocycles. The topological polar surface area (TPSA) is 84.9 Å². The van der Waals surface area contributed by atoms with Crippen LogP contribution in [0.5, 0.6) is 11.5 Å². The number of ether oxygens (including phenoxy) is 1. The second kappa shape index (κ2) is 8.18. The van der Waals surface area contributed by atoms with Crippen LogP contribution in [0, 0.1) is 0 Å². The van der Waals surface area contributed by atoms with E-state index in [0.717, 1.165) is 16.6 Å². The van der Waals surface area contributed by atoms with Crippen LogP contribution in [0.15, 0.2) is 71.6 Å². The van der Waals surface area contributed by atoms with Gasteiger partial charge in [0.2, 0.25) is 10.0 Å². The van der Waals surface area contributed by atoms with Gasteiger partial charge in [0.25, 0.3) is 0 Å². The summed E-state index contributed by atoms with van der Waals surface area (Å²) in [6.45, 7) is 0.472. The maximum Gasteiger partial charge on any atom is 0.491 e. The van der Waals surface area contributed by atoms with Gasteiger partial charge in [0.15, 0.2) is 0 Å². The first-order valence-corrected chi connectivity index (χ1v) is 10.7. The lowest BCUT2D eigenvalue weighted by Gasteiger charge is -2.10. The lowest BCUT2D eigenvalue weighted by molar-refractivity contribution is 0.275. The van der Waals surface area contributed by atoms with Crippen molar-refractivity contribution < 1.29 is 22.8 Å². The molecule has 1 aliphatic rings.